The number of rotatable bonds is 5. The second kappa shape index (κ2) is 5.87. The van der Waals surface area contributed by atoms with Gasteiger partial charge in [-0.1, -0.05) is 0 Å². The van der Waals surface area contributed by atoms with Crippen LogP contribution in [0.25, 0.3) is 0 Å². The molecule has 0 amide bonds. The molecule has 0 bridgehead atoms. The highest BCUT2D eigenvalue weighted by Crippen LogP contribution is 2.43. The standard InChI is InChI=1S/C18H26N4O3S/c1-12-15-9-25-11-18(6-7-22(10-18)26(23,24)14-4-5-14)16(15)21-17(20-12)19-8-13-2-3-13/h13-14H,2-11H2,1H3,(H,19,20,21)/t18-/m0/s1. The maximum Gasteiger partial charge on any atom is 0.223 e. The molecule has 1 saturated heterocycles. The molecule has 3 heterocycles. The molecule has 2 aliphatic carbocycles. The van der Waals surface area contributed by atoms with E-state index in [1.807, 2.05) is 6.92 Å². The molecule has 1 aromatic rings. The lowest BCUT2D eigenvalue weighted by molar-refractivity contribution is 0.0527. The van der Waals surface area contributed by atoms with E-state index in [0.717, 1.165) is 48.7 Å². The molecular weight excluding hydrogens is 352 g/mol. The van der Waals surface area contributed by atoms with E-state index in [1.54, 1.807) is 4.31 Å². The Hall–Kier alpha value is -1.25. The lowest BCUT2D eigenvalue weighted by atomic mass is 9.80. The normalized spacial score (nSPS) is 29.1. The second-order valence-corrected chi connectivity index (χ2v) is 10.6. The van der Waals surface area contributed by atoms with Crippen LogP contribution in [0.5, 0.6) is 0 Å². The number of fused-ring (bicyclic) bond motifs is 2. The van der Waals surface area contributed by atoms with Crippen molar-refractivity contribution in [1.82, 2.24) is 14.3 Å². The lowest BCUT2D eigenvalue weighted by Gasteiger charge is -2.35. The van der Waals surface area contributed by atoms with E-state index in [2.05, 4.69) is 10.3 Å². The molecule has 1 aromatic heterocycles. The van der Waals surface area contributed by atoms with Gasteiger partial charge in [0.2, 0.25) is 16.0 Å². The third-order valence-corrected chi connectivity index (χ3v) is 8.56. The Labute approximate surface area is 154 Å². The summed E-state index contributed by atoms with van der Waals surface area (Å²) in [6.45, 7) is 5.02. The van der Waals surface area contributed by atoms with Gasteiger partial charge in [0.15, 0.2) is 0 Å². The summed E-state index contributed by atoms with van der Waals surface area (Å²) in [5.74, 6) is 1.43. The summed E-state index contributed by atoms with van der Waals surface area (Å²) in [5, 5.41) is 3.22. The Morgan fingerprint density at radius 3 is 2.81 bits per heavy atom. The van der Waals surface area contributed by atoms with Crippen LogP contribution in [0.2, 0.25) is 0 Å². The van der Waals surface area contributed by atoms with Crippen molar-refractivity contribution in [3.8, 4) is 0 Å². The highest BCUT2D eigenvalue weighted by Gasteiger charge is 2.51. The number of anilines is 1. The van der Waals surface area contributed by atoms with Crippen molar-refractivity contribution in [2.24, 2.45) is 5.92 Å². The van der Waals surface area contributed by atoms with Crippen LogP contribution in [0.1, 0.15) is 49.1 Å². The van der Waals surface area contributed by atoms with Gasteiger partial charge in [-0.2, -0.15) is 0 Å². The first kappa shape index (κ1) is 16.9. The maximum atomic E-state index is 12.7. The van der Waals surface area contributed by atoms with Gasteiger partial charge >= 0.3 is 0 Å². The van der Waals surface area contributed by atoms with Crippen molar-refractivity contribution in [3.63, 3.8) is 0 Å². The molecule has 0 radical (unpaired) electrons. The average Bonchev–Trinajstić information content (AvgIpc) is 3.52. The fraction of sp³-hybridized carbons (Fsp3) is 0.778. The molecule has 7 nitrogen and oxygen atoms in total. The van der Waals surface area contributed by atoms with Gasteiger partial charge in [-0.05, 0) is 44.9 Å². The van der Waals surface area contributed by atoms with Gasteiger partial charge in [0.1, 0.15) is 0 Å². The molecule has 1 spiro atoms. The van der Waals surface area contributed by atoms with E-state index in [4.69, 9.17) is 9.72 Å². The van der Waals surface area contributed by atoms with E-state index in [1.165, 1.54) is 12.8 Å². The van der Waals surface area contributed by atoms with Crippen molar-refractivity contribution in [2.45, 2.75) is 56.3 Å². The fourth-order valence-electron chi connectivity index (χ4n) is 4.20. The van der Waals surface area contributed by atoms with Gasteiger partial charge in [0.05, 0.1) is 29.6 Å². The van der Waals surface area contributed by atoms with Gasteiger partial charge in [0.25, 0.3) is 0 Å². The van der Waals surface area contributed by atoms with E-state index in [9.17, 15) is 8.42 Å². The number of nitrogens with one attached hydrogen (secondary N) is 1. The zero-order chi connectivity index (χ0) is 17.9. The van der Waals surface area contributed by atoms with Gasteiger partial charge < -0.3 is 10.1 Å². The summed E-state index contributed by atoms with van der Waals surface area (Å²) < 4.78 is 32.9. The summed E-state index contributed by atoms with van der Waals surface area (Å²) in [6.07, 6.45) is 4.93. The number of aromatic nitrogens is 2. The number of hydrogen-bond acceptors (Lipinski definition) is 6. The number of hydrogen-bond donors (Lipinski definition) is 1. The van der Waals surface area contributed by atoms with Crippen LogP contribution in [-0.2, 0) is 26.8 Å². The molecule has 3 fully saturated rings. The van der Waals surface area contributed by atoms with Crippen LogP contribution in [0.3, 0.4) is 0 Å². The highest BCUT2D eigenvalue weighted by atomic mass is 32.2. The molecule has 1 atom stereocenters. The third kappa shape index (κ3) is 2.82. The Bertz CT molecular complexity index is 835. The Kier molecular flexibility index (Phi) is 3.82. The second-order valence-electron chi connectivity index (χ2n) is 8.39. The minimum absolute atomic E-state index is 0.162. The molecule has 8 heteroatoms. The molecule has 0 aromatic carbocycles. The zero-order valence-corrected chi connectivity index (χ0v) is 16.0. The average molecular weight is 378 g/mol. The minimum Gasteiger partial charge on any atom is -0.376 e. The van der Waals surface area contributed by atoms with Gasteiger partial charge in [-0.15, -0.1) is 0 Å². The maximum absolute atomic E-state index is 12.7. The molecule has 4 aliphatic rings. The molecule has 2 aliphatic heterocycles. The predicted octanol–water partition coefficient (Wildman–Crippen LogP) is 1.57. The van der Waals surface area contributed by atoms with E-state index in [-0.39, 0.29) is 10.7 Å². The Morgan fingerprint density at radius 2 is 2.08 bits per heavy atom. The Balaban J connectivity index is 1.46. The van der Waals surface area contributed by atoms with Crippen molar-refractivity contribution >= 4 is 16.0 Å². The first-order valence-corrected chi connectivity index (χ1v) is 11.2. The monoisotopic (exact) mass is 378 g/mol. The van der Waals surface area contributed by atoms with E-state index < -0.39 is 10.0 Å². The fourth-order valence-corrected chi connectivity index (χ4v) is 6.13. The van der Waals surface area contributed by atoms with Crippen LogP contribution < -0.4 is 5.32 Å². The molecule has 26 heavy (non-hydrogen) atoms. The summed E-state index contributed by atoms with van der Waals surface area (Å²) in [6, 6.07) is 0. The quantitative estimate of drug-likeness (QED) is 0.837. The largest absolute Gasteiger partial charge is 0.376 e. The van der Waals surface area contributed by atoms with Crippen LogP contribution in [0.15, 0.2) is 0 Å². The molecule has 142 valence electrons. The molecule has 0 unspecified atom stereocenters. The van der Waals surface area contributed by atoms with E-state index >= 15 is 0 Å². The van der Waals surface area contributed by atoms with Gasteiger partial charge in [-0.3, -0.25) is 0 Å². The molecule has 1 N–H and O–H groups in total. The summed E-state index contributed by atoms with van der Waals surface area (Å²) in [5.41, 5.74) is 2.65. The first-order chi connectivity index (χ1) is 12.5. The smallest absolute Gasteiger partial charge is 0.223 e. The summed E-state index contributed by atoms with van der Waals surface area (Å²) in [4.78, 5) is 9.48. The minimum atomic E-state index is -3.16. The van der Waals surface area contributed by atoms with Crippen LogP contribution in [-0.4, -0.2) is 54.2 Å². The van der Waals surface area contributed by atoms with Crippen molar-refractivity contribution in [1.29, 1.82) is 0 Å². The lowest BCUT2D eigenvalue weighted by Crippen LogP contribution is -2.42. The number of nitrogens with zero attached hydrogens (tertiary/aromatic N) is 3. The summed E-state index contributed by atoms with van der Waals surface area (Å²) in [7, 11) is -3.16. The molecule has 5 rings (SSSR count). The van der Waals surface area contributed by atoms with Crippen molar-refractivity contribution in [3.05, 3.63) is 17.0 Å². The van der Waals surface area contributed by atoms with Crippen LogP contribution >= 0.6 is 0 Å². The van der Waals surface area contributed by atoms with Crippen molar-refractivity contribution in [2.75, 3.05) is 31.6 Å². The molecule has 2 saturated carbocycles. The van der Waals surface area contributed by atoms with Gasteiger partial charge in [-0.25, -0.2) is 22.7 Å². The highest BCUT2D eigenvalue weighted by molar-refractivity contribution is 7.90. The third-order valence-electron chi connectivity index (χ3n) is 6.21. The number of ether oxygens (including phenoxy) is 1. The number of aryl methyl sites for hydroxylation is 1. The van der Waals surface area contributed by atoms with Gasteiger partial charge in [0, 0.05) is 30.9 Å². The topological polar surface area (TPSA) is 84.4 Å². The zero-order valence-electron chi connectivity index (χ0n) is 15.2. The van der Waals surface area contributed by atoms with Crippen LogP contribution in [0.4, 0.5) is 5.95 Å². The Morgan fingerprint density at radius 1 is 1.27 bits per heavy atom. The molecular formula is C18H26N4O3S. The first-order valence-electron chi connectivity index (χ1n) is 9.66. The number of sulfonamides is 1. The SMILES string of the molecule is Cc1nc(NCC2CC2)nc2c1COC[C@@]21CCN(S(=O)(=O)C2CC2)C1. The van der Waals surface area contributed by atoms with Crippen molar-refractivity contribution < 1.29 is 13.2 Å². The van der Waals surface area contributed by atoms with E-state index in [0.29, 0.717) is 32.3 Å². The predicted molar refractivity (Wildman–Crippen MR) is 97.4 cm³/mol. The van der Waals surface area contributed by atoms with Crippen LogP contribution in [0, 0.1) is 12.8 Å². The summed E-state index contributed by atoms with van der Waals surface area (Å²) >= 11 is 0.